The van der Waals surface area contributed by atoms with Crippen LogP contribution in [0.3, 0.4) is 0 Å². The van der Waals surface area contributed by atoms with Gasteiger partial charge in [-0.2, -0.15) is 13.2 Å². The van der Waals surface area contributed by atoms with E-state index in [2.05, 4.69) is 0 Å². The van der Waals surface area contributed by atoms with E-state index in [-0.39, 0.29) is 6.42 Å². The molecule has 0 saturated carbocycles. The van der Waals surface area contributed by atoms with Crippen LogP contribution in [0.25, 0.3) is 0 Å². The molecule has 0 aromatic carbocycles. The van der Waals surface area contributed by atoms with E-state index >= 15 is 0 Å². The van der Waals surface area contributed by atoms with Gasteiger partial charge in [-0.25, -0.2) is 0 Å². The van der Waals surface area contributed by atoms with Crippen molar-refractivity contribution in [3.63, 3.8) is 0 Å². The number of carboxylic acids is 1. The topological polar surface area (TPSA) is 63.3 Å². The Morgan fingerprint density at radius 2 is 2.00 bits per heavy atom. The first-order valence-corrected chi connectivity index (χ1v) is 3.83. The monoisotopic (exact) mass is 199 g/mol. The van der Waals surface area contributed by atoms with E-state index in [0.29, 0.717) is 0 Å². The fourth-order valence-corrected chi connectivity index (χ4v) is 1.02. The van der Waals surface area contributed by atoms with Gasteiger partial charge in [-0.3, -0.25) is 4.79 Å². The summed E-state index contributed by atoms with van der Waals surface area (Å²) < 4.78 is 35.6. The molecule has 0 aliphatic heterocycles. The Hall–Kier alpha value is -0.780. The highest BCUT2D eigenvalue weighted by Crippen LogP contribution is 2.27. The van der Waals surface area contributed by atoms with Gasteiger partial charge in [0.25, 0.3) is 0 Å². The SMILES string of the molecule is CCC(CC(F)(F)F)C(N)C(=O)O. The lowest BCUT2D eigenvalue weighted by Gasteiger charge is -2.20. The van der Waals surface area contributed by atoms with Gasteiger partial charge in [0.2, 0.25) is 0 Å². The first-order valence-electron chi connectivity index (χ1n) is 3.83. The number of alkyl halides is 3. The Morgan fingerprint density at radius 3 is 2.23 bits per heavy atom. The predicted molar refractivity (Wildman–Crippen MR) is 40.1 cm³/mol. The van der Waals surface area contributed by atoms with Crippen LogP contribution in [0.2, 0.25) is 0 Å². The lowest BCUT2D eigenvalue weighted by molar-refractivity contribution is -0.153. The Bertz CT molecular complexity index is 181. The van der Waals surface area contributed by atoms with E-state index in [1.54, 1.807) is 0 Å². The first kappa shape index (κ1) is 12.2. The second-order valence-electron chi connectivity index (χ2n) is 2.85. The summed E-state index contributed by atoms with van der Waals surface area (Å²) in [6.07, 6.45) is -5.39. The van der Waals surface area contributed by atoms with Gasteiger partial charge in [0.1, 0.15) is 6.04 Å². The molecule has 0 saturated heterocycles. The fraction of sp³-hybridized carbons (Fsp3) is 0.857. The molecule has 0 aromatic rings. The van der Waals surface area contributed by atoms with Gasteiger partial charge in [0.15, 0.2) is 0 Å². The Balaban J connectivity index is 4.26. The van der Waals surface area contributed by atoms with E-state index in [4.69, 9.17) is 10.8 Å². The summed E-state index contributed by atoms with van der Waals surface area (Å²) in [5.41, 5.74) is 5.08. The van der Waals surface area contributed by atoms with E-state index in [9.17, 15) is 18.0 Å². The van der Waals surface area contributed by atoms with Crippen molar-refractivity contribution in [1.29, 1.82) is 0 Å². The minimum atomic E-state index is -4.35. The third-order valence-corrected chi connectivity index (χ3v) is 1.81. The van der Waals surface area contributed by atoms with Crippen molar-refractivity contribution in [3.05, 3.63) is 0 Å². The maximum atomic E-state index is 11.9. The van der Waals surface area contributed by atoms with Crippen LogP contribution in [-0.4, -0.2) is 23.3 Å². The van der Waals surface area contributed by atoms with Crippen molar-refractivity contribution < 1.29 is 23.1 Å². The van der Waals surface area contributed by atoms with Crippen LogP contribution >= 0.6 is 0 Å². The standard InChI is InChI=1S/C7H12F3NO2/c1-2-4(3-7(8,9)10)5(11)6(12)13/h4-5H,2-3,11H2,1H3,(H,12,13). The van der Waals surface area contributed by atoms with Gasteiger partial charge in [-0.1, -0.05) is 13.3 Å². The normalized spacial score (nSPS) is 16.7. The molecule has 78 valence electrons. The number of halogens is 3. The Morgan fingerprint density at radius 1 is 1.54 bits per heavy atom. The highest BCUT2D eigenvalue weighted by atomic mass is 19.4. The molecular formula is C7H12F3NO2. The summed E-state index contributed by atoms with van der Waals surface area (Å²) in [6, 6.07) is -1.44. The summed E-state index contributed by atoms with van der Waals surface area (Å²) >= 11 is 0. The molecule has 3 nitrogen and oxygen atoms in total. The molecule has 0 spiro atoms. The summed E-state index contributed by atoms with van der Waals surface area (Å²) in [5, 5.41) is 8.39. The van der Waals surface area contributed by atoms with Gasteiger partial charge in [-0.05, 0) is 5.92 Å². The number of hydrogen-bond acceptors (Lipinski definition) is 2. The number of carbonyl (C=O) groups is 1. The first-order chi connectivity index (χ1) is 5.78. The molecule has 13 heavy (non-hydrogen) atoms. The molecule has 0 amide bonds. The lowest BCUT2D eigenvalue weighted by atomic mass is 9.94. The molecule has 2 unspecified atom stereocenters. The molecule has 2 atom stereocenters. The molecule has 0 aromatic heterocycles. The van der Waals surface area contributed by atoms with Crippen LogP contribution in [0.5, 0.6) is 0 Å². The second kappa shape index (κ2) is 4.45. The molecule has 3 N–H and O–H groups in total. The summed E-state index contributed by atoms with van der Waals surface area (Å²) in [4.78, 5) is 10.3. The van der Waals surface area contributed by atoms with Crippen LogP contribution in [0.4, 0.5) is 13.2 Å². The van der Waals surface area contributed by atoms with Crippen molar-refractivity contribution in [1.82, 2.24) is 0 Å². The molecule has 0 bridgehead atoms. The van der Waals surface area contributed by atoms with E-state index in [0.717, 1.165) is 0 Å². The smallest absolute Gasteiger partial charge is 0.389 e. The number of hydrogen-bond donors (Lipinski definition) is 2. The third-order valence-electron chi connectivity index (χ3n) is 1.81. The molecule has 0 heterocycles. The van der Waals surface area contributed by atoms with Gasteiger partial charge in [0, 0.05) is 6.42 Å². The molecule has 0 aliphatic rings. The van der Waals surface area contributed by atoms with Crippen molar-refractivity contribution in [2.45, 2.75) is 32.0 Å². The number of carboxylic acid groups (broad SMARTS) is 1. The van der Waals surface area contributed by atoms with E-state index < -0.39 is 30.5 Å². The highest BCUT2D eigenvalue weighted by Gasteiger charge is 2.35. The molecule has 0 aliphatic carbocycles. The lowest BCUT2D eigenvalue weighted by Crippen LogP contribution is -2.39. The molecule has 0 radical (unpaired) electrons. The minimum Gasteiger partial charge on any atom is -0.480 e. The second-order valence-corrected chi connectivity index (χ2v) is 2.85. The average Bonchev–Trinajstić information content (AvgIpc) is 1.97. The number of rotatable bonds is 4. The summed E-state index contributed by atoms with van der Waals surface area (Å²) in [7, 11) is 0. The van der Waals surface area contributed by atoms with E-state index in [1.807, 2.05) is 0 Å². The number of nitrogens with two attached hydrogens (primary N) is 1. The molecule has 0 fully saturated rings. The summed E-state index contributed by atoms with van der Waals surface area (Å²) in [5.74, 6) is -2.44. The van der Waals surface area contributed by atoms with Crippen LogP contribution < -0.4 is 5.73 Å². The predicted octanol–water partition coefficient (Wildman–Crippen LogP) is 1.38. The van der Waals surface area contributed by atoms with Gasteiger partial charge in [-0.15, -0.1) is 0 Å². The fourth-order valence-electron chi connectivity index (χ4n) is 1.02. The number of aliphatic carboxylic acids is 1. The van der Waals surface area contributed by atoms with Crippen molar-refractivity contribution in [3.8, 4) is 0 Å². The quantitative estimate of drug-likeness (QED) is 0.718. The Kier molecular flexibility index (Phi) is 4.19. The maximum absolute atomic E-state index is 11.9. The zero-order chi connectivity index (χ0) is 10.6. The van der Waals surface area contributed by atoms with Crippen molar-refractivity contribution >= 4 is 5.97 Å². The highest BCUT2D eigenvalue weighted by molar-refractivity contribution is 5.73. The van der Waals surface area contributed by atoms with Crippen molar-refractivity contribution in [2.24, 2.45) is 11.7 Å². The molecule has 6 heteroatoms. The van der Waals surface area contributed by atoms with Crippen LogP contribution in [0, 0.1) is 5.92 Å². The van der Waals surface area contributed by atoms with E-state index in [1.165, 1.54) is 6.92 Å². The molecule has 0 rings (SSSR count). The van der Waals surface area contributed by atoms with Crippen LogP contribution in [-0.2, 0) is 4.79 Å². The Labute approximate surface area is 73.7 Å². The van der Waals surface area contributed by atoms with Crippen LogP contribution in [0.15, 0.2) is 0 Å². The third kappa shape index (κ3) is 4.72. The van der Waals surface area contributed by atoms with Crippen molar-refractivity contribution in [2.75, 3.05) is 0 Å². The van der Waals surface area contributed by atoms with Crippen LogP contribution in [0.1, 0.15) is 19.8 Å². The summed E-state index contributed by atoms with van der Waals surface area (Å²) in [6.45, 7) is 1.49. The van der Waals surface area contributed by atoms with Gasteiger partial charge in [0.05, 0.1) is 0 Å². The van der Waals surface area contributed by atoms with Gasteiger partial charge < -0.3 is 10.8 Å². The molecular weight excluding hydrogens is 187 g/mol. The van der Waals surface area contributed by atoms with Gasteiger partial charge >= 0.3 is 12.1 Å². The largest absolute Gasteiger partial charge is 0.480 e. The minimum absolute atomic E-state index is 0.104. The zero-order valence-electron chi connectivity index (χ0n) is 7.14. The average molecular weight is 199 g/mol. The maximum Gasteiger partial charge on any atom is 0.389 e. The zero-order valence-corrected chi connectivity index (χ0v) is 7.14.